The van der Waals surface area contributed by atoms with E-state index in [0.717, 1.165) is 25.3 Å². The summed E-state index contributed by atoms with van der Waals surface area (Å²) in [5.74, 6) is -1.36. The van der Waals surface area contributed by atoms with E-state index in [1.165, 1.54) is 13.0 Å². The summed E-state index contributed by atoms with van der Waals surface area (Å²) >= 11 is 6.28. The first kappa shape index (κ1) is 23.0. The number of halogens is 1. The molecule has 1 fully saturated rings. The molecule has 3 amide bonds. The van der Waals surface area contributed by atoms with Gasteiger partial charge < -0.3 is 15.0 Å². The highest BCUT2D eigenvalue weighted by Gasteiger charge is 2.34. The lowest BCUT2D eigenvalue weighted by atomic mass is 10.1. The fraction of sp³-hybridized carbons (Fsp3) is 0.474. The van der Waals surface area contributed by atoms with E-state index in [1.54, 1.807) is 6.92 Å². The number of carbonyl (C=O) groups excluding carboxylic acids is 3. The minimum absolute atomic E-state index is 0.0132. The van der Waals surface area contributed by atoms with Gasteiger partial charge in [0.1, 0.15) is 10.7 Å². The number of carbonyl (C=O) groups is 3. The highest BCUT2D eigenvalue weighted by atomic mass is 35.5. The molecule has 1 aromatic carbocycles. The standard InChI is InChI=1S/C19H23ClN4O6S/c1-3-21-19(27)22-17(25)11(2)30-18(26)12-9-15-14(10-13(12)20)24-8-6-4-5-7-16(24)23-31(15,28)29/h9-11H,3-8H2,1-2H3,(H2,21,22,25,27)/t11-/m1/s1. The summed E-state index contributed by atoms with van der Waals surface area (Å²) in [6.07, 6.45) is 1.90. The third kappa shape index (κ3) is 4.99. The molecule has 0 aliphatic carbocycles. The van der Waals surface area contributed by atoms with E-state index in [0.29, 0.717) is 31.0 Å². The van der Waals surface area contributed by atoms with Crippen molar-refractivity contribution in [2.45, 2.75) is 50.5 Å². The smallest absolute Gasteiger partial charge is 0.340 e. The Bertz CT molecular complexity index is 1060. The monoisotopic (exact) mass is 470 g/mol. The van der Waals surface area contributed by atoms with Crippen LogP contribution in [0.5, 0.6) is 0 Å². The lowest BCUT2D eigenvalue weighted by Gasteiger charge is -2.30. The van der Waals surface area contributed by atoms with E-state index < -0.39 is 34.0 Å². The zero-order chi connectivity index (χ0) is 22.8. The maximum Gasteiger partial charge on any atom is 0.340 e. The van der Waals surface area contributed by atoms with Gasteiger partial charge in [-0.2, -0.15) is 8.42 Å². The maximum atomic E-state index is 12.7. The Balaban J connectivity index is 1.86. The van der Waals surface area contributed by atoms with Crippen LogP contribution in [0.15, 0.2) is 21.4 Å². The average molecular weight is 471 g/mol. The van der Waals surface area contributed by atoms with Gasteiger partial charge in [-0.15, -0.1) is 4.40 Å². The van der Waals surface area contributed by atoms with Crippen molar-refractivity contribution in [3.05, 3.63) is 22.7 Å². The van der Waals surface area contributed by atoms with Gasteiger partial charge in [0.05, 0.1) is 16.3 Å². The Morgan fingerprint density at radius 1 is 1.26 bits per heavy atom. The quantitative estimate of drug-likeness (QED) is 0.644. The number of anilines is 1. The van der Waals surface area contributed by atoms with Gasteiger partial charge in [0.25, 0.3) is 15.9 Å². The Labute approximate surface area is 185 Å². The molecule has 2 aliphatic heterocycles. The Hall–Kier alpha value is -2.66. The van der Waals surface area contributed by atoms with Gasteiger partial charge in [0.15, 0.2) is 6.10 Å². The van der Waals surface area contributed by atoms with Crippen LogP contribution in [0.4, 0.5) is 10.5 Å². The number of sulfonamides is 1. The third-order valence-electron chi connectivity index (χ3n) is 4.88. The van der Waals surface area contributed by atoms with E-state index in [1.807, 2.05) is 10.2 Å². The predicted molar refractivity (Wildman–Crippen MR) is 114 cm³/mol. The molecular weight excluding hydrogens is 448 g/mol. The Kier molecular flexibility index (Phi) is 6.85. The topological polar surface area (TPSA) is 134 Å². The predicted octanol–water partition coefficient (Wildman–Crippen LogP) is 2.21. The summed E-state index contributed by atoms with van der Waals surface area (Å²) in [4.78, 5) is 37.7. The molecule has 12 heteroatoms. The number of hydrogen-bond donors (Lipinski definition) is 2. The van der Waals surface area contributed by atoms with Gasteiger partial charge >= 0.3 is 12.0 Å². The summed E-state index contributed by atoms with van der Waals surface area (Å²) in [5, 5.41) is 4.40. The second-order valence-electron chi connectivity index (χ2n) is 7.14. The van der Waals surface area contributed by atoms with E-state index >= 15 is 0 Å². The van der Waals surface area contributed by atoms with Crippen molar-refractivity contribution in [3.63, 3.8) is 0 Å². The van der Waals surface area contributed by atoms with Crippen LogP contribution in [0, 0.1) is 0 Å². The number of benzene rings is 1. The third-order valence-corrected chi connectivity index (χ3v) is 6.53. The van der Waals surface area contributed by atoms with Crippen LogP contribution in [-0.4, -0.2) is 51.4 Å². The minimum Gasteiger partial charge on any atom is -0.449 e. The SMILES string of the molecule is CCNC(=O)NC(=O)[C@@H](C)OC(=O)c1cc2c(cc1Cl)N1CCCCCC1=NS2(=O)=O. The lowest BCUT2D eigenvalue weighted by Crippen LogP contribution is -2.44. The van der Waals surface area contributed by atoms with Gasteiger partial charge in [0.2, 0.25) is 0 Å². The zero-order valence-corrected chi connectivity index (χ0v) is 18.7. The largest absolute Gasteiger partial charge is 0.449 e. The first-order valence-corrected chi connectivity index (χ1v) is 11.7. The number of esters is 1. The molecule has 1 saturated heterocycles. The first-order chi connectivity index (χ1) is 14.6. The number of hydrogen-bond acceptors (Lipinski definition) is 7. The molecule has 168 valence electrons. The van der Waals surface area contributed by atoms with Crippen molar-refractivity contribution >= 4 is 51.1 Å². The Morgan fingerprint density at radius 3 is 2.71 bits per heavy atom. The van der Waals surface area contributed by atoms with Crippen LogP contribution in [0.25, 0.3) is 0 Å². The van der Waals surface area contributed by atoms with E-state index in [2.05, 4.69) is 9.71 Å². The number of amides is 3. The van der Waals surface area contributed by atoms with Crippen molar-refractivity contribution in [1.82, 2.24) is 10.6 Å². The molecule has 2 aliphatic rings. The summed E-state index contributed by atoms with van der Waals surface area (Å²) < 4.78 is 34.4. The molecule has 2 N–H and O–H groups in total. The van der Waals surface area contributed by atoms with Crippen molar-refractivity contribution < 1.29 is 27.5 Å². The van der Waals surface area contributed by atoms with Gasteiger partial charge in [-0.3, -0.25) is 10.1 Å². The van der Waals surface area contributed by atoms with Gasteiger partial charge in [-0.1, -0.05) is 18.0 Å². The van der Waals surface area contributed by atoms with Gasteiger partial charge in [-0.05, 0) is 38.8 Å². The number of nitrogens with zero attached hydrogens (tertiary/aromatic N) is 2. The van der Waals surface area contributed by atoms with Crippen molar-refractivity contribution in [3.8, 4) is 0 Å². The van der Waals surface area contributed by atoms with Crippen molar-refractivity contribution in [2.24, 2.45) is 4.40 Å². The molecule has 0 bridgehead atoms. The molecule has 1 aromatic rings. The van der Waals surface area contributed by atoms with E-state index in [4.69, 9.17) is 16.3 Å². The van der Waals surface area contributed by atoms with Crippen LogP contribution in [0.3, 0.4) is 0 Å². The van der Waals surface area contributed by atoms with Crippen LogP contribution in [0.1, 0.15) is 49.9 Å². The number of fused-ring (bicyclic) bond motifs is 3. The summed E-state index contributed by atoms with van der Waals surface area (Å²) in [5.41, 5.74) is 0.158. The first-order valence-electron chi connectivity index (χ1n) is 9.88. The second-order valence-corrected chi connectivity index (χ2v) is 9.12. The van der Waals surface area contributed by atoms with Crippen LogP contribution in [0.2, 0.25) is 5.02 Å². The number of urea groups is 1. The number of imide groups is 1. The molecule has 3 rings (SSSR count). The minimum atomic E-state index is -4.02. The van der Waals surface area contributed by atoms with E-state index in [-0.39, 0.29) is 15.5 Å². The molecule has 1 atom stereocenters. The number of rotatable bonds is 4. The maximum absolute atomic E-state index is 12.7. The summed E-state index contributed by atoms with van der Waals surface area (Å²) in [6, 6.07) is 1.80. The molecular formula is C19H23ClN4O6S. The van der Waals surface area contributed by atoms with Crippen LogP contribution < -0.4 is 15.5 Å². The number of nitrogens with one attached hydrogen (secondary N) is 2. The van der Waals surface area contributed by atoms with Crippen LogP contribution in [-0.2, 0) is 19.6 Å². The number of amidine groups is 1. The molecule has 0 radical (unpaired) electrons. The lowest BCUT2D eigenvalue weighted by molar-refractivity contribution is -0.127. The van der Waals surface area contributed by atoms with Gasteiger partial charge in [0, 0.05) is 19.5 Å². The molecule has 0 aromatic heterocycles. The fourth-order valence-electron chi connectivity index (χ4n) is 3.35. The van der Waals surface area contributed by atoms with E-state index in [9.17, 15) is 22.8 Å². The zero-order valence-electron chi connectivity index (χ0n) is 17.1. The van der Waals surface area contributed by atoms with Crippen molar-refractivity contribution in [1.29, 1.82) is 0 Å². The second kappa shape index (κ2) is 9.23. The van der Waals surface area contributed by atoms with Crippen LogP contribution >= 0.6 is 11.6 Å². The van der Waals surface area contributed by atoms with Gasteiger partial charge in [-0.25, -0.2) is 9.59 Å². The molecule has 10 nitrogen and oxygen atoms in total. The average Bonchev–Trinajstić information content (AvgIpc) is 2.92. The normalized spacial score (nSPS) is 17.9. The van der Waals surface area contributed by atoms with Crippen molar-refractivity contribution in [2.75, 3.05) is 18.0 Å². The molecule has 2 heterocycles. The molecule has 0 spiro atoms. The highest BCUT2D eigenvalue weighted by molar-refractivity contribution is 7.90. The summed E-state index contributed by atoms with van der Waals surface area (Å²) in [7, 11) is -4.02. The fourth-order valence-corrected chi connectivity index (χ4v) is 4.85. The molecule has 0 saturated carbocycles. The molecule has 0 unspecified atom stereocenters. The highest BCUT2D eigenvalue weighted by Crippen LogP contribution is 2.38. The Morgan fingerprint density at radius 2 is 2.00 bits per heavy atom. The molecule has 31 heavy (non-hydrogen) atoms. The summed E-state index contributed by atoms with van der Waals surface area (Å²) in [6.45, 7) is 3.87. The number of ether oxygens (including phenoxy) is 1.